The number of carbonyl (C=O) groups is 1. The molecular formula is C15H11BrO2. The van der Waals surface area contributed by atoms with Gasteiger partial charge in [-0.1, -0.05) is 58.4 Å². The predicted octanol–water partition coefficient (Wildman–Crippen LogP) is 3.77. The number of hydrogen-bond donors (Lipinski definition) is 0. The van der Waals surface area contributed by atoms with Crippen molar-refractivity contribution in [3.63, 3.8) is 0 Å². The van der Waals surface area contributed by atoms with Crippen molar-refractivity contribution in [3.05, 3.63) is 70.2 Å². The third-order valence-electron chi connectivity index (χ3n) is 3.01. The quantitative estimate of drug-likeness (QED) is 0.638. The van der Waals surface area contributed by atoms with E-state index in [4.69, 9.17) is 4.74 Å². The highest BCUT2D eigenvalue weighted by Gasteiger charge is 2.45. The summed E-state index contributed by atoms with van der Waals surface area (Å²) in [6, 6.07) is 17.2. The smallest absolute Gasteiger partial charge is 0.194 e. The van der Waals surface area contributed by atoms with Crippen LogP contribution in [0.15, 0.2) is 59.1 Å². The highest BCUT2D eigenvalue weighted by atomic mass is 79.9. The van der Waals surface area contributed by atoms with E-state index >= 15 is 0 Å². The molecule has 1 heterocycles. The Morgan fingerprint density at radius 1 is 1.00 bits per heavy atom. The summed E-state index contributed by atoms with van der Waals surface area (Å²) in [6.07, 6.45) is -0.417. The van der Waals surface area contributed by atoms with Gasteiger partial charge in [0, 0.05) is 10.0 Å². The van der Waals surface area contributed by atoms with Crippen LogP contribution in [0.5, 0.6) is 0 Å². The van der Waals surface area contributed by atoms with E-state index in [-0.39, 0.29) is 18.0 Å². The van der Waals surface area contributed by atoms with Crippen molar-refractivity contribution in [2.24, 2.45) is 0 Å². The number of hydrogen-bond acceptors (Lipinski definition) is 2. The molecule has 2 atom stereocenters. The fourth-order valence-corrected chi connectivity index (χ4v) is 2.25. The number of carbonyl (C=O) groups excluding carboxylic acids is 1. The van der Waals surface area contributed by atoms with Crippen LogP contribution in [-0.2, 0) is 4.74 Å². The maximum Gasteiger partial charge on any atom is 0.194 e. The van der Waals surface area contributed by atoms with Crippen LogP contribution in [0.3, 0.4) is 0 Å². The van der Waals surface area contributed by atoms with E-state index in [1.54, 1.807) is 0 Å². The van der Waals surface area contributed by atoms with Gasteiger partial charge in [0.2, 0.25) is 0 Å². The summed E-state index contributed by atoms with van der Waals surface area (Å²) in [6.45, 7) is 0. The van der Waals surface area contributed by atoms with E-state index in [0.717, 1.165) is 10.0 Å². The van der Waals surface area contributed by atoms with Gasteiger partial charge in [0.05, 0.1) is 0 Å². The van der Waals surface area contributed by atoms with Gasteiger partial charge in [-0.3, -0.25) is 4.79 Å². The molecule has 0 unspecified atom stereocenters. The second-order valence-electron chi connectivity index (χ2n) is 4.26. The normalized spacial score (nSPS) is 21.6. The summed E-state index contributed by atoms with van der Waals surface area (Å²) in [7, 11) is 0. The second-order valence-corrected chi connectivity index (χ2v) is 5.17. The molecule has 0 spiro atoms. The Hall–Kier alpha value is -1.45. The lowest BCUT2D eigenvalue weighted by atomic mass is 10.0. The van der Waals surface area contributed by atoms with Gasteiger partial charge < -0.3 is 4.74 Å². The average Bonchev–Trinajstić information content (AvgIpc) is 3.20. The minimum Gasteiger partial charge on any atom is -0.356 e. The number of ketones is 1. The second kappa shape index (κ2) is 4.67. The Morgan fingerprint density at radius 3 is 2.33 bits per heavy atom. The summed E-state index contributed by atoms with van der Waals surface area (Å²) in [5.74, 6) is 0.0588. The van der Waals surface area contributed by atoms with Gasteiger partial charge in [-0.15, -0.1) is 0 Å². The van der Waals surface area contributed by atoms with Gasteiger partial charge in [0.1, 0.15) is 6.10 Å². The fraction of sp³-hybridized carbons (Fsp3) is 0.133. The number of epoxide rings is 1. The largest absolute Gasteiger partial charge is 0.356 e. The third-order valence-corrected chi connectivity index (χ3v) is 3.54. The lowest BCUT2D eigenvalue weighted by Crippen LogP contribution is -2.07. The Balaban J connectivity index is 1.75. The molecule has 1 aliphatic heterocycles. The zero-order chi connectivity index (χ0) is 12.5. The van der Waals surface area contributed by atoms with Crippen LogP contribution >= 0.6 is 15.9 Å². The zero-order valence-electron chi connectivity index (χ0n) is 9.55. The molecular weight excluding hydrogens is 292 g/mol. The molecule has 1 fully saturated rings. The first-order valence-electron chi connectivity index (χ1n) is 5.76. The van der Waals surface area contributed by atoms with Crippen LogP contribution < -0.4 is 0 Å². The number of ether oxygens (including phenoxy) is 1. The lowest BCUT2D eigenvalue weighted by Gasteiger charge is -1.97. The lowest BCUT2D eigenvalue weighted by molar-refractivity contribution is 0.0953. The van der Waals surface area contributed by atoms with Crippen LogP contribution in [-0.4, -0.2) is 11.9 Å². The molecule has 0 amide bonds. The van der Waals surface area contributed by atoms with Crippen molar-refractivity contribution >= 4 is 21.7 Å². The van der Waals surface area contributed by atoms with Crippen molar-refractivity contribution < 1.29 is 9.53 Å². The minimum absolute atomic E-state index is 0.0588. The molecule has 2 nitrogen and oxygen atoms in total. The monoisotopic (exact) mass is 302 g/mol. The van der Waals surface area contributed by atoms with Gasteiger partial charge >= 0.3 is 0 Å². The van der Waals surface area contributed by atoms with Gasteiger partial charge in [0.15, 0.2) is 11.9 Å². The molecule has 0 aliphatic carbocycles. The average molecular weight is 303 g/mol. The molecule has 1 aliphatic rings. The Kier molecular flexibility index (Phi) is 3.02. The van der Waals surface area contributed by atoms with Crippen LogP contribution in [0.1, 0.15) is 22.0 Å². The summed E-state index contributed by atoms with van der Waals surface area (Å²) in [4.78, 5) is 12.1. The van der Waals surface area contributed by atoms with Crippen molar-refractivity contribution in [1.29, 1.82) is 0 Å². The maximum absolute atomic E-state index is 12.1. The number of rotatable bonds is 3. The van der Waals surface area contributed by atoms with E-state index in [1.807, 2.05) is 54.6 Å². The number of benzene rings is 2. The van der Waals surface area contributed by atoms with E-state index in [9.17, 15) is 4.79 Å². The SMILES string of the molecule is O=C(c1ccccc1)[C@H]1O[C@H]1c1ccc(Br)cc1. The molecule has 0 radical (unpaired) electrons. The molecule has 1 saturated heterocycles. The summed E-state index contributed by atoms with van der Waals surface area (Å²) in [5, 5.41) is 0. The van der Waals surface area contributed by atoms with Crippen LogP contribution in [0.4, 0.5) is 0 Å². The van der Waals surface area contributed by atoms with Crippen LogP contribution in [0, 0.1) is 0 Å². The van der Waals surface area contributed by atoms with Crippen molar-refractivity contribution in [1.82, 2.24) is 0 Å². The topological polar surface area (TPSA) is 29.6 Å². The van der Waals surface area contributed by atoms with Crippen molar-refractivity contribution in [2.75, 3.05) is 0 Å². The number of halogens is 1. The standard InChI is InChI=1S/C15H11BrO2/c16-12-8-6-11(7-9-12)14-15(18-14)13(17)10-4-2-1-3-5-10/h1-9,14-15H/t14-,15+/m0/s1. The predicted molar refractivity (Wildman–Crippen MR) is 72.5 cm³/mol. The van der Waals surface area contributed by atoms with Gasteiger partial charge in [-0.05, 0) is 17.7 Å². The Morgan fingerprint density at radius 2 is 1.67 bits per heavy atom. The Labute approximate surface area is 114 Å². The molecule has 3 heteroatoms. The van der Waals surface area contributed by atoms with E-state index in [2.05, 4.69) is 15.9 Å². The molecule has 0 saturated carbocycles. The first kappa shape index (κ1) is 11.6. The van der Waals surface area contributed by atoms with Crippen molar-refractivity contribution in [3.8, 4) is 0 Å². The van der Waals surface area contributed by atoms with Crippen LogP contribution in [0.2, 0.25) is 0 Å². The first-order valence-corrected chi connectivity index (χ1v) is 6.55. The fourth-order valence-electron chi connectivity index (χ4n) is 1.98. The summed E-state index contributed by atoms with van der Waals surface area (Å²) < 4.78 is 6.52. The molecule has 2 aromatic carbocycles. The first-order chi connectivity index (χ1) is 8.75. The maximum atomic E-state index is 12.1. The summed E-state index contributed by atoms with van der Waals surface area (Å²) in [5.41, 5.74) is 1.76. The zero-order valence-corrected chi connectivity index (χ0v) is 11.1. The van der Waals surface area contributed by atoms with E-state index in [1.165, 1.54) is 0 Å². The highest BCUT2D eigenvalue weighted by molar-refractivity contribution is 9.10. The van der Waals surface area contributed by atoms with Gasteiger partial charge in [0.25, 0.3) is 0 Å². The molecule has 0 N–H and O–H groups in total. The van der Waals surface area contributed by atoms with Gasteiger partial charge in [-0.25, -0.2) is 0 Å². The Bertz CT molecular complexity index is 563. The number of Topliss-reactive ketones (excluding diaryl/α,β-unsaturated/α-hetero) is 1. The molecule has 90 valence electrons. The molecule has 2 aromatic rings. The van der Waals surface area contributed by atoms with E-state index < -0.39 is 0 Å². The van der Waals surface area contributed by atoms with Gasteiger partial charge in [-0.2, -0.15) is 0 Å². The third kappa shape index (κ3) is 2.24. The molecule has 0 aromatic heterocycles. The summed E-state index contributed by atoms with van der Waals surface area (Å²) >= 11 is 3.39. The molecule has 3 rings (SSSR count). The van der Waals surface area contributed by atoms with Crippen LogP contribution in [0.25, 0.3) is 0 Å². The van der Waals surface area contributed by atoms with E-state index in [0.29, 0.717) is 5.56 Å². The molecule has 0 bridgehead atoms. The minimum atomic E-state index is -0.325. The molecule has 18 heavy (non-hydrogen) atoms. The van der Waals surface area contributed by atoms with Crippen molar-refractivity contribution in [2.45, 2.75) is 12.2 Å². The highest BCUT2D eigenvalue weighted by Crippen LogP contribution is 2.40.